The number of benzene rings is 4. The molecule has 1 aliphatic rings. The number of phenolic OH excluding ortho intramolecular Hbond substituents is 1. The normalized spacial score (nSPS) is 17.0. The van der Waals surface area contributed by atoms with Crippen LogP contribution in [0.25, 0.3) is 0 Å². The molecular weight excluding hydrogens is 438 g/mol. The number of ether oxygens (including phenoxy) is 1. The summed E-state index contributed by atoms with van der Waals surface area (Å²) in [5, 5.41) is 14.1. The Bertz CT molecular complexity index is 1140. The van der Waals surface area contributed by atoms with Crippen LogP contribution in [-0.2, 0) is 10.3 Å². The Balaban J connectivity index is 1.79. The number of nitrogens with one attached hydrogen (secondary N) is 1. The van der Waals surface area contributed by atoms with Gasteiger partial charge in [-0.05, 0) is 35.4 Å². The van der Waals surface area contributed by atoms with E-state index in [0.29, 0.717) is 5.56 Å². The predicted molar refractivity (Wildman–Crippen MR) is 122 cm³/mol. The molecule has 2 N–H and O–H groups in total. The number of aromatic hydroxyl groups is 1. The lowest BCUT2D eigenvalue weighted by Crippen LogP contribution is -2.40. The molecule has 5 rings (SSSR count). The van der Waals surface area contributed by atoms with Gasteiger partial charge in [0, 0.05) is 21.3 Å². The van der Waals surface area contributed by atoms with Crippen molar-refractivity contribution in [2.24, 2.45) is 0 Å². The summed E-state index contributed by atoms with van der Waals surface area (Å²) < 4.78 is 7.78. The number of hydrogen-bond donors (Lipinski definition) is 2. The highest BCUT2D eigenvalue weighted by Crippen LogP contribution is 2.50. The molecule has 1 aliphatic heterocycles. The van der Waals surface area contributed by atoms with Gasteiger partial charge in [-0.25, -0.2) is 0 Å². The van der Waals surface area contributed by atoms with Gasteiger partial charge in [0.05, 0.1) is 0 Å². The van der Waals surface area contributed by atoms with Crippen molar-refractivity contribution < 1.29 is 9.84 Å². The van der Waals surface area contributed by atoms with Gasteiger partial charge >= 0.3 is 0 Å². The van der Waals surface area contributed by atoms with Crippen molar-refractivity contribution in [1.82, 2.24) is 0 Å². The van der Waals surface area contributed by atoms with E-state index in [-0.39, 0.29) is 5.75 Å². The smallest absolute Gasteiger partial charge is 0.159 e. The SMILES string of the molecule is Oc1ccc(Br)cc1[C@@H]1Nc2ccccc2C(c2ccccc2)(c2ccccc2)O1. The largest absolute Gasteiger partial charge is 0.507 e. The summed E-state index contributed by atoms with van der Waals surface area (Å²) in [6.07, 6.45) is -0.544. The van der Waals surface area contributed by atoms with Crippen molar-refractivity contribution in [1.29, 1.82) is 0 Å². The average molecular weight is 458 g/mol. The number of anilines is 1. The summed E-state index contributed by atoms with van der Waals surface area (Å²) in [7, 11) is 0. The minimum Gasteiger partial charge on any atom is -0.507 e. The molecule has 4 aromatic rings. The Morgan fingerprint density at radius 3 is 2.03 bits per heavy atom. The second-order valence-corrected chi connectivity index (χ2v) is 8.22. The van der Waals surface area contributed by atoms with Crippen LogP contribution in [0.5, 0.6) is 5.75 Å². The molecule has 0 unspecified atom stereocenters. The number of fused-ring (bicyclic) bond motifs is 1. The van der Waals surface area contributed by atoms with Gasteiger partial charge in [-0.15, -0.1) is 0 Å². The third-order valence-electron chi connectivity index (χ3n) is 5.52. The minimum atomic E-state index is -0.830. The first-order valence-electron chi connectivity index (χ1n) is 9.82. The molecule has 148 valence electrons. The molecule has 0 saturated heterocycles. The Kier molecular flexibility index (Phi) is 4.81. The average Bonchev–Trinajstić information content (AvgIpc) is 2.81. The lowest BCUT2D eigenvalue weighted by atomic mass is 9.78. The second kappa shape index (κ2) is 7.63. The van der Waals surface area contributed by atoms with E-state index >= 15 is 0 Å². The molecule has 0 radical (unpaired) electrons. The summed E-state index contributed by atoms with van der Waals surface area (Å²) >= 11 is 3.52. The van der Waals surface area contributed by atoms with Gasteiger partial charge in [-0.3, -0.25) is 0 Å². The van der Waals surface area contributed by atoms with Crippen molar-refractivity contribution in [2.75, 3.05) is 5.32 Å². The molecule has 0 bridgehead atoms. The zero-order chi connectivity index (χ0) is 20.6. The maximum absolute atomic E-state index is 10.6. The van der Waals surface area contributed by atoms with E-state index in [9.17, 15) is 5.11 Å². The van der Waals surface area contributed by atoms with E-state index in [4.69, 9.17) is 4.74 Å². The van der Waals surface area contributed by atoms with Crippen molar-refractivity contribution in [3.63, 3.8) is 0 Å². The highest BCUT2D eigenvalue weighted by atomic mass is 79.9. The molecule has 4 aromatic carbocycles. The quantitative estimate of drug-likeness (QED) is 0.364. The Labute approximate surface area is 184 Å². The fourth-order valence-corrected chi connectivity index (χ4v) is 4.54. The van der Waals surface area contributed by atoms with Crippen LogP contribution in [0.15, 0.2) is 108 Å². The van der Waals surface area contributed by atoms with Gasteiger partial charge in [0.15, 0.2) is 6.23 Å². The van der Waals surface area contributed by atoms with E-state index in [1.807, 2.05) is 60.7 Å². The van der Waals surface area contributed by atoms with Gasteiger partial charge in [0.1, 0.15) is 11.4 Å². The van der Waals surface area contributed by atoms with Crippen molar-refractivity contribution >= 4 is 21.6 Å². The first-order chi connectivity index (χ1) is 14.7. The molecule has 3 nitrogen and oxygen atoms in total. The monoisotopic (exact) mass is 457 g/mol. The van der Waals surface area contributed by atoms with Gasteiger partial charge in [-0.1, -0.05) is 94.8 Å². The Morgan fingerprint density at radius 1 is 0.767 bits per heavy atom. The van der Waals surface area contributed by atoms with Crippen LogP contribution in [0.3, 0.4) is 0 Å². The molecule has 1 atom stereocenters. The lowest BCUT2D eigenvalue weighted by Gasteiger charge is -2.44. The minimum absolute atomic E-state index is 0.185. The van der Waals surface area contributed by atoms with Gasteiger partial charge in [0.25, 0.3) is 0 Å². The molecule has 0 amide bonds. The van der Waals surface area contributed by atoms with Crippen molar-refractivity contribution in [3.8, 4) is 5.75 Å². The molecule has 0 aromatic heterocycles. The molecule has 0 spiro atoms. The molecule has 0 fully saturated rings. The molecule has 0 saturated carbocycles. The number of phenols is 1. The van der Waals surface area contributed by atoms with E-state index in [1.54, 1.807) is 6.07 Å². The van der Waals surface area contributed by atoms with E-state index in [2.05, 4.69) is 57.6 Å². The molecule has 4 heteroatoms. The van der Waals surface area contributed by atoms with Crippen LogP contribution in [0, 0.1) is 0 Å². The van der Waals surface area contributed by atoms with Crippen LogP contribution >= 0.6 is 15.9 Å². The summed E-state index contributed by atoms with van der Waals surface area (Å²) in [5.41, 5.74) is 3.92. The summed E-state index contributed by atoms with van der Waals surface area (Å²) in [5.74, 6) is 0.185. The Morgan fingerprint density at radius 2 is 1.37 bits per heavy atom. The van der Waals surface area contributed by atoms with Gasteiger partial charge < -0.3 is 15.2 Å². The van der Waals surface area contributed by atoms with Crippen LogP contribution in [0.2, 0.25) is 0 Å². The van der Waals surface area contributed by atoms with E-state index < -0.39 is 11.8 Å². The third-order valence-corrected chi connectivity index (χ3v) is 6.01. The number of para-hydroxylation sites is 1. The molecule has 30 heavy (non-hydrogen) atoms. The standard InChI is InChI=1S/C26H20BrNO2/c27-20-15-16-24(29)21(17-20)25-28-23-14-8-7-13-22(23)26(30-25,18-9-3-1-4-10-18)19-11-5-2-6-12-19/h1-17,25,28-29H/t25-/m1/s1. The zero-order valence-corrected chi connectivity index (χ0v) is 17.7. The number of hydrogen-bond acceptors (Lipinski definition) is 3. The first-order valence-corrected chi connectivity index (χ1v) is 10.6. The van der Waals surface area contributed by atoms with Gasteiger partial charge in [-0.2, -0.15) is 0 Å². The first kappa shape index (κ1) is 18.9. The topological polar surface area (TPSA) is 41.5 Å². The fourth-order valence-electron chi connectivity index (χ4n) is 4.16. The lowest BCUT2D eigenvalue weighted by molar-refractivity contribution is -0.0440. The van der Waals surface area contributed by atoms with Crippen LogP contribution in [0.4, 0.5) is 5.69 Å². The van der Waals surface area contributed by atoms with E-state index in [1.165, 1.54) is 0 Å². The summed E-state index contributed by atoms with van der Waals surface area (Å²) in [6, 6.07) is 34.1. The fraction of sp³-hybridized carbons (Fsp3) is 0.0769. The van der Waals surface area contributed by atoms with E-state index in [0.717, 1.165) is 26.9 Å². The third kappa shape index (κ3) is 3.09. The number of rotatable bonds is 3. The number of halogens is 1. The van der Waals surface area contributed by atoms with Crippen LogP contribution in [-0.4, -0.2) is 5.11 Å². The zero-order valence-electron chi connectivity index (χ0n) is 16.1. The summed E-state index contributed by atoms with van der Waals surface area (Å²) in [4.78, 5) is 0. The van der Waals surface area contributed by atoms with Gasteiger partial charge in [0.2, 0.25) is 0 Å². The second-order valence-electron chi connectivity index (χ2n) is 7.30. The molecule has 0 aliphatic carbocycles. The predicted octanol–water partition coefficient (Wildman–Crippen LogP) is 6.59. The van der Waals surface area contributed by atoms with Crippen LogP contribution in [0.1, 0.15) is 28.5 Å². The van der Waals surface area contributed by atoms with Crippen molar-refractivity contribution in [2.45, 2.75) is 11.8 Å². The highest BCUT2D eigenvalue weighted by molar-refractivity contribution is 9.10. The molecular formula is C26H20BrNO2. The van der Waals surface area contributed by atoms with Crippen molar-refractivity contribution in [3.05, 3.63) is 130 Å². The summed E-state index contributed by atoms with van der Waals surface area (Å²) in [6.45, 7) is 0. The maximum Gasteiger partial charge on any atom is 0.159 e. The molecule has 1 heterocycles. The maximum atomic E-state index is 10.6. The Hall–Kier alpha value is -3.08. The van der Waals surface area contributed by atoms with Crippen LogP contribution < -0.4 is 5.32 Å². The highest BCUT2D eigenvalue weighted by Gasteiger charge is 2.45.